The Morgan fingerprint density at radius 2 is 1.81 bits per heavy atom. The summed E-state index contributed by atoms with van der Waals surface area (Å²) >= 11 is 0. The predicted molar refractivity (Wildman–Crippen MR) is 131 cm³/mol. The lowest BCUT2D eigenvalue weighted by atomic mass is 10.1. The summed E-state index contributed by atoms with van der Waals surface area (Å²) in [7, 11) is -2.77. The van der Waals surface area contributed by atoms with Crippen LogP contribution in [0.4, 0.5) is 8.78 Å². The molecule has 0 atom stereocenters. The number of carbonyl (C=O) groups is 2. The quantitative estimate of drug-likeness (QED) is 0.381. The number of nitrogens with zero attached hydrogens (tertiary/aromatic N) is 2. The molecule has 3 aromatic rings. The molecule has 0 aliphatic heterocycles. The Morgan fingerprint density at radius 3 is 2.41 bits per heavy atom. The van der Waals surface area contributed by atoms with Crippen molar-refractivity contribution in [3.8, 4) is 22.7 Å². The van der Waals surface area contributed by atoms with E-state index in [2.05, 4.69) is 5.10 Å². The predicted octanol–water partition coefficient (Wildman–Crippen LogP) is 4.46. The number of aromatic nitrogens is 2. The summed E-state index contributed by atoms with van der Waals surface area (Å²) in [5, 5.41) is 4.04. The summed E-state index contributed by atoms with van der Waals surface area (Å²) in [6.07, 6.45) is -2.86. The normalized spacial score (nSPS) is 11.4. The van der Waals surface area contributed by atoms with Crippen LogP contribution in [-0.4, -0.2) is 37.2 Å². The van der Waals surface area contributed by atoms with Gasteiger partial charge in [0, 0.05) is 24.0 Å². The molecule has 0 spiro atoms. The molecular weight excluding hydrogens is 508 g/mol. The number of sulfonamides is 1. The Hall–Kier alpha value is -3.80. The van der Waals surface area contributed by atoms with Gasteiger partial charge >= 0.3 is 5.97 Å². The Bertz CT molecular complexity index is 1420. The van der Waals surface area contributed by atoms with E-state index in [4.69, 9.17) is 9.47 Å². The fourth-order valence-electron chi connectivity index (χ4n) is 3.56. The van der Waals surface area contributed by atoms with Crippen LogP contribution < -0.4 is 9.46 Å². The highest BCUT2D eigenvalue weighted by Gasteiger charge is 2.24. The van der Waals surface area contributed by atoms with Gasteiger partial charge in [0.25, 0.3) is 16.4 Å². The number of hydrogen-bond acceptors (Lipinski definition) is 7. The summed E-state index contributed by atoms with van der Waals surface area (Å²) in [4.78, 5) is 23.3. The van der Waals surface area contributed by atoms with Crippen molar-refractivity contribution in [1.82, 2.24) is 14.5 Å². The van der Waals surface area contributed by atoms with Crippen LogP contribution in [-0.2, 0) is 31.0 Å². The minimum Gasteiger partial charge on any atom is -0.496 e. The molecule has 0 aliphatic carbocycles. The summed E-state index contributed by atoms with van der Waals surface area (Å²) in [6.45, 7) is 4.47. The summed E-state index contributed by atoms with van der Waals surface area (Å²) in [5.41, 5.74) is 1.48. The number of aryl methyl sites for hydroxylation is 1. The van der Waals surface area contributed by atoms with Crippen molar-refractivity contribution in [2.45, 2.75) is 51.5 Å². The van der Waals surface area contributed by atoms with Crippen molar-refractivity contribution < 1.29 is 36.3 Å². The molecule has 1 N–H and O–H groups in total. The lowest BCUT2D eigenvalue weighted by Gasteiger charge is -2.15. The van der Waals surface area contributed by atoms with Crippen LogP contribution >= 0.6 is 0 Å². The van der Waals surface area contributed by atoms with Crippen molar-refractivity contribution in [2.75, 3.05) is 7.11 Å². The lowest BCUT2D eigenvalue weighted by Crippen LogP contribution is -2.30. The van der Waals surface area contributed by atoms with E-state index < -0.39 is 40.6 Å². The number of ether oxygens (including phenoxy) is 2. The maximum atomic E-state index is 13.6. The van der Waals surface area contributed by atoms with Gasteiger partial charge in [0.15, 0.2) is 0 Å². The van der Waals surface area contributed by atoms with Gasteiger partial charge in [0.1, 0.15) is 18.1 Å². The van der Waals surface area contributed by atoms with Gasteiger partial charge in [0.05, 0.1) is 23.4 Å². The minimum absolute atomic E-state index is 0.0432. The first-order valence-electron chi connectivity index (χ1n) is 11.4. The van der Waals surface area contributed by atoms with Crippen LogP contribution in [0.5, 0.6) is 5.75 Å². The van der Waals surface area contributed by atoms with Crippen LogP contribution in [0.15, 0.2) is 47.4 Å². The number of carbonyl (C=O) groups excluding carboxylic acids is 2. The number of nitrogens with one attached hydrogen (secondary N) is 1. The van der Waals surface area contributed by atoms with Crippen molar-refractivity contribution in [3.05, 3.63) is 59.3 Å². The fraction of sp³-hybridized carbons (Fsp3) is 0.320. The molecule has 0 unspecified atom stereocenters. The number of rotatable bonds is 10. The van der Waals surface area contributed by atoms with E-state index in [9.17, 15) is 26.8 Å². The maximum absolute atomic E-state index is 13.6. The Balaban J connectivity index is 2.18. The van der Waals surface area contributed by atoms with Crippen molar-refractivity contribution in [2.24, 2.45) is 0 Å². The second-order valence-electron chi connectivity index (χ2n) is 8.04. The molecule has 3 rings (SSSR count). The molecule has 0 saturated carbocycles. The zero-order chi connectivity index (χ0) is 27.3. The number of hydrogen-bond donors (Lipinski definition) is 1. The highest BCUT2D eigenvalue weighted by molar-refractivity contribution is 7.90. The van der Waals surface area contributed by atoms with E-state index in [0.717, 1.165) is 5.56 Å². The van der Waals surface area contributed by atoms with Crippen LogP contribution in [0.1, 0.15) is 49.9 Å². The lowest BCUT2D eigenvalue weighted by molar-refractivity contribution is -0.144. The Morgan fingerprint density at radius 1 is 1.08 bits per heavy atom. The van der Waals surface area contributed by atoms with E-state index in [1.807, 2.05) is 11.6 Å². The minimum atomic E-state index is -4.29. The zero-order valence-electron chi connectivity index (χ0n) is 20.7. The van der Waals surface area contributed by atoms with Gasteiger partial charge in [-0.3, -0.25) is 9.59 Å². The molecule has 2 aromatic carbocycles. The van der Waals surface area contributed by atoms with Crippen molar-refractivity contribution >= 4 is 21.9 Å². The molecule has 0 fully saturated rings. The van der Waals surface area contributed by atoms with Gasteiger partial charge in [-0.25, -0.2) is 26.6 Å². The molecule has 1 amide bonds. The van der Waals surface area contributed by atoms with Gasteiger partial charge in [-0.1, -0.05) is 13.8 Å². The molecule has 37 heavy (non-hydrogen) atoms. The molecule has 0 radical (unpaired) electrons. The van der Waals surface area contributed by atoms with E-state index in [-0.39, 0.29) is 29.0 Å². The number of amides is 1. The largest absolute Gasteiger partial charge is 0.496 e. The molecule has 0 saturated heterocycles. The maximum Gasteiger partial charge on any atom is 0.305 e. The van der Waals surface area contributed by atoms with Crippen LogP contribution in [0.2, 0.25) is 0 Å². The monoisotopic (exact) mass is 535 g/mol. The number of halogens is 2. The van der Waals surface area contributed by atoms with Crippen LogP contribution in [0, 0.1) is 6.92 Å². The summed E-state index contributed by atoms with van der Waals surface area (Å²) in [5.74, 6) is -0.668. The number of methoxy groups -OCH3 is 1. The van der Waals surface area contributed by atoms with Crippen LogP contribution in [0.3, 0.4) is 0 Å². The SMILES string of the molecule is CCC(=O)NS(=O)(=O)c1ccc(-n2nc(C(F)F)cc2-c2ccc(OC)c(C)c2)cc1COC(=O)CC. The smallest absolute Gasteiger partial charge is 0.305 e. The topological polar surface area (TPSA) is 117 Å². The van der Waals surface area contributed by atoms with Gasteiger partial charge in [-0.15, -0.1) is 0 Å². The number of benzene rings is 2. The van der Waals surface area contributed by atoms with Crippen molar-refractivity contribution in [3.63, 3.8) is 0 Å². The molecule has 0 aliphatic rings. The third kappa shape index (κ3) is 6.31. The number of alkyl halides is 2. The molecule has 9 nitrogen and oxygen atoms in total. The van der Waals surface area contributed by atoms with E-state index in [1.54, 1.807) is 25.1 Å². The Labute approximate surface area is 213 Å². The van der Waals surface area contributed by atoms with E-state index in [0.29, 0.717) is 17.0 Å². The van der Waals surface area contributed by atoms with E-state index in [1.165, 1.54) is 43.0 Å². The van der Waals surface area contributed by atoms with Gasteiger partial charge < -0.3 is 9.47 Å². The highest BCUT2D eigenvalue weighted by Crippen LogP contribution is 2.32. The second-order valence-corrected chi connectivity index (χ2v) is 9.69. The van der Waals surface area contributed by atoms with Gasteiger partial charge in [0.2, 0.25) is 5.91 Å². The first-order chi connectivity index (χ1) is 17.5. The summed E-state index contributed by atoms with van der Waals surface area (Å²) < 4.78 is 66.6. The molecule has 1 heterocycles. The zero-order valence-corrected chi connectivity index (χ0v) is 21.6. The van der Waals surface area contributed by atoms with Gasteiger partial charge in [-0.05, 0) is 55.0 Å². The fourth-order valence-corrected chi connectivity index (χ4v) is 4.82. The third-order valence-electron chi connectivity index (χ3n) is 5.47. The molecule has 1 aromatic heterocycles. The molecular formula is C25H27F2N3O6S. The summed E-state index contributed by atoms with van der Waals surface area (Å²) in [6, 6.07) is 10.3. The second kappa shape index (κ2) is 11.5. The molecule has 0 bridgehead atoms. The van der Waals surface area contributed by atoms with Crippen LogP contribution in [0.25, 0.3) is 16.9 Å². The highest BCUT2D eigenvalue weighted by atomic mass is 32.2. The molecule has 198 valence electrons. The molecule has 12 heteroatoms. The van der Waals surface area contributed by atoms with E-state index >= 15 is 0 Å². The average molecular weight is 536 g/mol. The Kier molecular flexibility index (Phi) is 8.64. The van der Waals surface area contributed by atoms with Gasteiger partial charge in [-0.2, -0.15) is 5.10 Å². The standard InChI is InChI=1S/C25H27F2N3O6S/c1-5-23(31)29-37(33,34)22-10-8-18(12-17(22)14-36-24(32)6-2)30-20(13-19(28-30)25(26)27)16-7-9-21(35-4)15(3)11-16/h7-13,25H,5-6,14H2,1-4H3,(H,29,31). The van der Waals surface area contributed by atoms with Crippen molar-refractivity contribution in [1.29, 1.82) is 0 Å². The third-order valence-corrected chi connectivity index (χ3v) is 6.94. The first-order valence-corrected chi connectivity index (χ1v) is 12.9. The average Bonchev–Trinajstić information content (AvgIpc) is 3.32. The first kappa shape index (κ1) is 27.8. The number of esters is 1.